The molecule has 2 heterocycles. The maximum Gasteiger partial charge on any atom is 0.254 e. The summed E-state index contributed by atoms with van der Waals surface area (Å²) in [5.74, 6) is -0.0779. The monoisotopic (exact) mass is 337 g/mol. The standard InChI is InChI=1S/C20H23N3O2/c1-22-12-13-25-19(14-22)20(24)21-16-6-8-17(9-7-16)23-11-10-15-4-2-3-5-18(15)23/h2-9,19H,10-14H2,1H3,(H,21,24). The number of para-hydroxylation sites is 1. The summed E-state index contributed by atoms with van der Waals surface area (Å²) in [6.45, 7) is 3.10. The maximum atomic E-state index is 12.3. The summed E-state index contributed by atoms with van der Waals surface area (Å²) in [5.41, 5.74) is 4.62. The van der Waals surface area contributed by atoms with Gasteiger partial charge in [0.15, 0.2) is 0 Å². The van der Waals surface area contributed by atoms with Crippen molar-refractivity contribution in [2.45, 2.75) is 12.5 Å². The molecule has 1 unspecified atom stereocenters. The van der Waals surface area contributed by atoms with E-state index in [1.807, 2.05) is 19.2 Å². The lowest BCUT2D eigenvalue weighted by Gasteiger charge is -2.29. The number of carbonyl (C=O) groups is 1. The van der Waals surface area contributed by atoms with E-state index in [4.69, 9.17) is 4.74 Å². The molecule has 2 aliphatic rings. The summed E-state index contributed by atoms with van der Waals surface area (Å²) in [4.78, 5) is 16.8. The average molecular weight is 337 g/mol. The Morgan fingerprint density at radius 3 is 2.72 bits per heavy atom. The Kier molecular flexibility index (Phi) is 4.42. The second kappa shape index (κ2) is 6.86. The van der Waals surface area contributed by atoms with E-state index in [0.29, 0.717) is 13.2 Å². The first-order valence-corrected chi connectivity index (χ1v) is 8.77. The molecule has 2 aromatic rings. The van der Waals surface area contributed by atoms with Crippen LogP contribution in [0.1, 0.15) is 5.56 Å². The summed E-state index contributed by atoms with van der Waals surface area (Å²) < 4.78 is 5.56. The van der Waals surface area contributed by atoms with E-state index in [9.17, 15) is 4.79 Å². The Hall–Kier alpha value is -2.37. The number of benzene rings is 2. The van der Waals surface area contributed by atoms with E-state index in [0.717, 1.165) is 30.9 Å². The van der Waals surface area contributed by atoms with Crippen LogP contribution in [-0.4, -0.2) is 50.2 Å². The van der Waals surface area contributed by atoms with Crippen molar-refractivity contribution < 1.29 is 9.53 Å². The molecule has 1 atom stereocenters. The van der Waals surface area contributed by atoms with Gasteiger partial charge in [-0.15, -0.1) is 0 Å². The first-order valence-electron chi connectivity index (χ1n) is 8.77. The summed E-state index contributed by atoms with van der Waals surface area (Å²) in [5, 5.41) is 2.96. The molecule has 0 saturated carbocycles. The molecule has 5 nitrogen and oxygen atoms in total. The van der Waals surface area contributed by atoms with Crippen molar-refractivity contribution >= 4 is 23.0 Å². The van der Waals surface area contributed by atoms with Gasteiger partial charge in [-0.1, -0.05) is 18.2 Å². The van der Waals surface area contributed by atoms with Crippen LogP contribution in [0.2, 0.25) is 0 Å². The number of hydrogen-bond acceptors (Lipinski definition) is 4. The Morgan fingerprint density at radius 1 is 1.12 bits per heavy atom. The molecule has 130 valence electrons. The van der Waals surface area contributed by atoms with Crippen LogP contribution in [0.25, 0.3) is 0 Å². The Labute approximate surface area is 148 Å². The van der Waals surface area contributed by atoms with Crippen molar-refractivity contribution in [3.8, 4) is 0 Å². The largest absolute Gasteiger partial charge is 0.366 e. The fourth-order valence-electron chi connectivity index (χ4n) is 3.49. The zero-order chi connectivity index (χ0) is 17.2. The fourth-order valence-corrected chi connectivity index (χ4v) is 3.49. The molecule has 1 fully saturated rings. The minimum Gasteiger partial charge on any atom is -0.366 e. The highest BCUT2D eigenvalue weighted by Crippen LogP contribution is 2.34. The number of hydrogen-bond donors (Lipinski definition) is 1. The first kappa shape index (κ1) is 16.1. The molecule has 2 aliphatic heterocycles. The number of likely N-dealkylation sites (N-methyl/N-ethyl adjacent to an activating group) is 1. The fraction of sp³-hybridized carbons (Fsp3) is 0.350. The number of ether oxygens (including phenoxy) is 1. The number of fused-ring (bicyclic) bond motifs is 1. The van der Waals surface area contributed by atoms with Gasteiger partial charge in [0, 0.05) is 36.7 Å². The van der Waals surface area contributed by atoms with Crippen LogP contribution >= 0.6 is 0 Å². The highest BCUT2D eigenvalue weighted by molar-refractivity contribution is 5.94. The summed E-state index contributed by atoms with van der Waals surface area (Å²) in [7, 11) is 2.01. The third-order valence-electron chi connectivity index (χ3n) is 4.90. The van der Waals surface area contributed by atoms with E-state index in [1.165, 1.54) is 11.3 Å². The van der Waals surface area contributed by atoms with Crippen LogP contribution in [0.4, 0.5) is 17.1 Å². The van der Waals surface area contributed by atoms with Crippen molar-refractivity contribution in [2.24, 2.45) is 0 Å². The van der Waals surface area contributed by atoms with Gasteiger partial charge in [0.2, 0.25) is 0 Å². The molecule has 1 saturated heterocycles. The second-order valence-electron chi connectivity index (χ2n) is 6.69. The highest BCUT2D eigenvalue weighted by atomic mass is 16.5. The zero-order valence-electron chi connectivity index (χ0n) is 14.4. The molecule has 1 N–H and O–H groups in total. The molecule has 0 aromatic heterocycles. The first-order chi connectivity index (χ1) is 12.2. The van der Waals surface area contributed by atoms with Crippen molar-refractivity contribution in [3.05, 3.63) is 54.1 Å². The molecule has 5 heteroatoms. The van der Waals surface area contributed by atoms with Gasteiger partial charge < -0.3 is 19.9 Å². The van der Waals surface area contributed by atoms with Crippen LogP contribution < -0.4 is 10.2 Å². The maximum absolute atomic E-state index is 12.3. The number of nitrogens with one attached hydrogen (secondary N) is 1. The van der Waals surface area contributed by atoms with Crippen molar-refractivity contribution in [1.29, 1.82) is 0 Å². The Morgan fingerprint density at radius 2 is 1.92 bits per heavy atom. The number of amides is 1. The summed E-state index contributed by atoms with van der Waals surface area (Å²) >= 11 is 0. The minimum atomic E-state index is -0.399. The smallest absolute Gasteiger partial charge is 0.254 e. The molecule has 1 amide bonds. The molecule has 0 bridgehead atoms. The number of morpholine rings is 1. The van der Waals surface area contributed by atoms with E-state index >= 15 is 0 Å². The molecule has 25 heavy (non-hydrogen) atoms. The van der Waals surface area contributed by atoms with Gasteiger partial charge in [-0.25, -0.2) is 0 Å². The lowest BCUT2D eigenvalue weighted by molar-refractivity contribution is -0.132. The molecule has 2 aromatic carbocycles. The number of rotatable bonds is 3. The topological polar surface area (TPSA) is 44.8 Å². The lowest BCUT2D eigenvalue weighted by Crippen LogP contribution is -2.46. The van der Waals surface area contributed by atoms with Crippen molar-refractivity contribution in [1.82, 2.24) is 4.90 Å². The van der Waals surface area contributed by atoms with Gasteiger partial charge in [0.05, 0.1) is 6.61 Å². The Balaban J connectivity index is 1.43. The van der Waals surface area contributed by atoms with E-state index in [2.05, 4.69) is 51.5 Å². The van der Waals surface area contributed by atoms with Gasteiger partial charge in [0.1, 0.15) is 6.10 Å². The van der Waals surface area contributed by atoms with Gasteiger partial charge >= 0.3 is 0 Å². The van der Waals surface area contributed by atoms with E-state index < -0.39 is 6.10 Å². The van der Waals surface area contributed by atoms with Crippen LogP contribution in [-0.2, 0) is 16.0 Å². The van der Waals surface area contributed by atoms with Gasteiger partial charge in [-0.2, -0.15) is 0 Å². The quantitative estimate of drug-likeness (QED) is 0.935. The van der Waals surface area contributed by atoms with E-state index in [1.54, 1.807) is 0 Å². The van der Waals surface area contributed by atoms with Crippen LogP contribution in [0, 0.1) is 0 Å². The Bertz CT molecular complexity index is 760. The van der Waals surface area contributed by atoms with Gasteiger partial charge in [-0.05, 0) is 49.4 Å². The van der Waals surface area contributed by atoms with Gasteiger partial charge in [0.25, 0.3) is 5.91 Å². The summed E-state index contributed by atoms with van der Waals surface area (Å²) in [6.07, 6.45) is 0.671. The van der Waals surface area contributed by atoms with Crippen LogP contribution in [0.3, 0.4) is 0 Å². The van der Waals surface area contributed by atoms with Crippen molar-refractivity contribution in [2.75, 3.05) is 43.5 Å². The predicted octanol–water partition coefficient (Wildman–Crippen LogP) is 2.65. The zero-order valence-corrected chi connectivity index (χ0v) is 14.4. The van der Waals surface area contributed by atoms with Crippen molar-refractivity contribution in [3.63, 3.8) is 0 Å². The third-order valence-corrected chi connectivity index (χ3v) is 4.90. The normalized spacial score (nSPS) is 20.4. The SMILES string of the molecule is CN1CCOC(C(=O)Nc2ccc(N3CCc4ccccc43)cc2)C1. The van der Waals surface area contributed by atoms with Crippen LogP contribution in [0.5, 0.6) is 0 Å². The number of nitrogens with zero attached hydrogens (tertiary/aromatic N) is 2. The van der Waals surface area contributed by atoms with Gasteiger partial charge in [-0.3, -0.25) is 4.79 Å². The summed E-state index contributed by atoms with van der Waals surface area (Å²) in [6, 6.07) is 16.6. The molecular weight excluding hydrogens is 314 g/mol. The molecule has 0 radical (unpaired) electrons. The molecule has 0 spiro atoms. The number of carbonyl (C=O) groups excluding carboxylic acids is 1. The van der Waals surface area contributed by atoms with E-state index in [-0.39, 0.29) is 5.91 Å². The molecule has 0 aliphatic carbocycles. The van der Waals surface area contributed by atoms with Crippen LogP contribution in [0.15, 0.2) is 48.5 Å². The molecule has 4 rings (SSSR count). The lowest BCUT2D eigenvalue weighted by atomic mass is 10.2. The third kappa shape index (κ3) is 3.38. The number of anilines is 3. The highest BCUT2D eigenvalue weighted by Gasteiger charge is 2.25. The average Bonchev–Trinajstić information content (AvgIpc) is 3.06. The second-order valence-corrected chi connectivity index (χ2v) is 6.69. The molecular formula is C20H23N3O2. The predicted molar refractivity (Wildman–Crippen MR) is 99.5 cm³/mol. The minimum absolute atomic E-state index is 0.0779.